The number of rotatable bonds is 5. The van der Waals surface area contributed by atoms with Gasteiger partial charge in [0, 0.05) is 18.5 Å². The molecule has 2 rings (SSSR count). The van der Waals surface area contributed by atoms with Gasteiger partial charge in [-0.3, -0.25) is 4.79 Å². The Bertz CT molecular complexity index is 539. The number of benzene rings is 1. The number of carbonyl (C=O) groups excluding carboxylic acids is 1. The Morgan fingerprint density at radius 2 is 2.11 bits per heavy atom. The molecule has 0 saturated carbocycles. The van der Waals surface area contributed by atoms with Gasteiger partial charge in [0.1, 0.15) is 5.69 Å². The van der Waals surface area contributed by atoms with Gasteiger partial charge >= 0.3 is 0 Å². The Morgan fingerprint density at radius 1 is 1.37 bits per heavy atom. The molecule has 0 unspecified atom stereocenters. The van der Waals surface area contributed by atoms with E-state index < -0.39 is 0 Å². The molecule has 4 nitrogen and oxygen atoms in total. The predicted octanol–water partition coefficient (Wildman–Crippen LogP) is 2.78. The van der Waals surface area contributed by atoms with Crippen LogP contribution in [-0.4, -0.2) is 22.3 Å². The summed E-state index contributed by atoms with van der Waals surface area (Å²) in [6, 6.07) is 9.96. The Kier molecular flexibility index (Phi) is 4.52. The molecule has 0 saturated heterocycles. The fourth-order valence-corrected chi connectivity index (χ4v) is 2.41. The van der Waals surface area contributed by atoms with Crippen molar-refractivity contribution in [2.24, 2.45) is 0 Å². The average Bonchev–Trinajstić information content (AvgIpc) is 2.85. The van der Waals surface area contributed by atoms with Gasteiger partial charge in [0.25, 0.3) is 5.91 Å². The van der Waals surface area contributed by atoms with E-state index in [1.165, 1.54) is 11.3 Å². The van der Waals surface area contributed by atoms with E-state index in [1.54, 1.807) is 5.38 Å². The van der Waals surface area contributed by atoms with Crippen LogP contribution < -0.4 is 5.73 Å². The molecule has 1 aromatic carbocycles. The van der Waals surface area contributed by atoms with E-state index in [0.717, 1.165) is 12.0 Å². The van der Waals surface area contributed by atoms with E-state index in [4.69, 9.17) is 5.73 Å². The molecule has 0 spiro atoms. The molecule has 5 heteroatoms. The van der Waals surface area contributed by atoms with E-state index >= 15 is 0 Å². The zero-order valence-electron chi connectivity index (χ0n) is 10.9. The third kappa shape index (κ3) is 3.54. The summed E-state index contributed by atoms with van der Waals surface area (Å²) >= 11 is 1.29. The second kappa shape index (κ2) is 6.33. The standard InChI is InChI=1S/C14H17N3OS/c1-2-8-17(9-11-6-4-3-5-7-11)13(18)12-10-19-14(15)16-12/h3-7,10H,2,8-9H2,1H3,(H2,15,16). The summed E-state index contributed by atoms with van der Waals surface area (Å²) in [5.74, 6) is -0.0568. The lowest BCUT2D eigenvalue weighted by atomic mass is 10.2. The fraction of sp³-hybridized carbons (Fsp3) is 0.286. The molecule has 0 radical (unpaired) electrons. The van der Waals surface area contributed by atoms with Gasteiger partial charge in [-0.25, -0.2) is 4.98 Å². The molecule has 2 N–H and O–H groups in total. The summed E-state index contributed by atoms with van der Waals surface area (Å²) in [5.41, 5.74) is 7.13. The maximum atomic E-state index is 12.4. The Morgan fingerprint density at radius 3 is 2.68 bits per heavy atom. The predicted molar refractivity (Wildman–Crippen MR) is 78.0 cm³/mol. The largest absolute Gasteiger partial charge is 0.375 e. The van der Waals surface area contributed by atoms with Crippen molar-refractivity contribution < 1.29 is 4.79 Å². The maximum absolute atomic E-state index is 12.4. The van der Waals surface area contributed by atoms with Crippen molar-refractivity contribution in [2.45, 2.75) is 19.9 Å². The SMILES string of the molecule is CCCN(Cc1ccccc1)C(=O)c1csc(N)n1. The molecule has 0 fully saturated rings. The highest BCUT2D eigenvalue weighted by atomic mass is 32.1. The third-order valence-corrected chi connectivity index (χ3v) is 3.41. The van der Waals surface area contributed by atoms with Crippen molar-refractivity contribution in [1.29, 1.82) is 0 Å². The Hall–Kier alpha value is -1.88. The second-order valence-corrected chi connectivity index (χ2v) is 5.17. The molecular formula is C14H17N3OS. The highest BCUT2D eigenvalue weighted by Gasteiger charge is 2.17. The van der Waals surface area contributed by atoms with Crippen LogP contribution in [0, 0.1) is 0 Å². The normalized spacial score (nSPS) is 10.4. The van der Waals surface area contributed by atoms with Gasteiger partial charge in [-0.15, -0.1) is 11.3 Å². The van der Waals surface area contributed by atoms with Crippen molar-refractivity contribution in [3.05, 3.63) is 47.0 Å². The van der Waals surface area contributed by atoms with Crippen LogP contribution >= 0.6 is 11.3 Å². The van der Waals surface area contributed by atoms with Crippen LogP contribution in [0.15, 0.2) is 35.7 Å². The van der Waals surface area contributed by atoms with Crippen molar-refractivity contribution in [3.63, 3.8) is 0 Å². The van der Waals surface area contributed by atoms with Crippen molar-refractivity contribution in [3.8, 4) is 0 Å². The monoisotopic (exact) mass is 275 g/mol. The van der Waals surface area contributed by atoms with Crippen molar-refractivity contribution in [2.75, 3.05) is 12.3 Å². The molecule has 0 bridgehead atoms. The molecule has 0 atom stereocenters. The van der Waals surface area contributed by atoms with Crippen LogP contribution in [0.3, 0.4) is 0 Å². The van der Waals surface area contributed by atoms with Crippen LogP contribution in [0.5, 0.6) is 0 Å². The lowest BCUT2D eigenvalue weighted by molar-refractivity contribution is 0.0738. The molecule has 0 aliphatic heterocycles. The van der Waals surface area contributed by atoms with Crippen LogP contribution in [0.4, 0.5) is 5.13 Å². The van der Waals surface area contributed by atoms with Gasteiger partial charge in [-0.05, 0) is 12.0 Å². The fourth-order valence-electron chi connectivity index (χ4n) is 1.87. The van der Waals surface area contributed by atoms with Gasteiger partial charge in [0.05, 0.1) is 0 Å². The number of thiazole rings is 1. The number of carbonyl (C=O) groups is 1. The summed E-state index contributed by atoms with van der Waals surface area (Å²) in [6.45, 7) is 3.37. The number of amides is 1. The molecule has 1 aromatic heterocycles. The van der Waals surface area contributed by atoms with Gasteiger partial charge in [0.15, 0.2) is 5.13 Å². The van der Waals surface area contributed by atoms with Crippen molar-refractivity contribution >= 4 is 22.4 Å². The molecule has 0 aliphatic rings. The van der Waals surface area contributed by atoms with E-state index in [2.05, 4.69) is 11.9 Å². The summed E-state index contributed by atoms with van der Waals surface area (Å²) in [6.07, 6.45) is 0.915. The first-order valence-corrected chi connectivity index (χ1v) is 7.13. The number of nitrogen functional groups attached to an aromatic ring is 1. The van der Waals surface area contributed by atoms with Gasteiger partial charge in [-0.2, -0.15) is 0 Å². The van der Waals surface area contributed by atoms with E-state index in [0.29, 0.717) is 23.9 Å². The molecule has 1 amide bonds. The lowest BCUT2D eigenvalue weighted by Gasteiger charge is -2.21. The summed E-state index contributed by atoms with van der Waals surface area (Å²) in [5, 5.41) is 2.14. The second-order valence-electron chi connectivity index (χ2n) is 4.28. The number of hydrogen-bond acceptors (Lipinski definition) is 4. The molecule has 2 aromatic rings. The zero-order chi connectivity index (χ0) is 13.7. The third-order valence-electron chi connectivity index (χ3n) is 2.74. The van der Waals surface area contributed by atoms with Gasteiger partial charge in [-0.1, -0.05) is 37.3 Å². The molecule has 100 valence electrons. The molecule has 0 aliphatic carbocycles. The average molecular weight is 275 g/mol. The molecular weight excluding hydrogens is 258 g/mol. The molecule has 19 heavy (non-hydrogen) atoms. The van der Waals surface area contributed by atoms with Crippen LogP contribution in [0.25, 0.3) is 0 Å². The Labute approximate surface area is 116 Å². The highest BCUT2D eigenvalue weighted by molar-refractivity contribution is 7.13. The number of hydrogen-bond donors (Lipinski definition) is 1. The summed E-state index contributed by atoms with van der Waals surface area (Å²) in [4.78, 5) is 18.2. The number of anilines is 1. The van der Waals surface area contributed by atoms with Crippen molar-refractivity contribution in [1.82, 2.24) is 9.88 Å². The van der Waals surface area contributed by atoms with Crippen LogP contribution in [0.1, 0.15) is 29.4 Å². The highest BCUT2D eigenvalue weighted by Crippen LogP contribution is 2.15. The topological polar surface area (TPSA) is 59.2 Å². The molecule has 1 heterocycles. The quantitative estimate of drug-likeness (QED) is 0.912. The minimum atomic E-state index is -0.0568. The minimum absolute atomic E-state index is 0.0568. The number of nitrogens with zero attached hydrogens (tertiary/aromatic N) is 2. The minimum Gasteiger partial charge on any atom is -0.375 e. The van der Waals surface area contributed by atoms with E-state index in [-0.39, 0.29) is 5.91 Å². The first kappa shape index (κ1) is 13.5. The first-order valence-electron chi connectivity index (χ1n) is 6.25. The zero-order valence-corrected chi connectivity index (χ0v) is 11.7. The number of nitrogens with two attached hydrogens (primary N) is 1. The smallest absolute Gasteiger partial charge is 0.273 e. The lowest BCUT2D eigenvalue weighted by Crippen LogP contribution is -2.31. The Balaban J connectivity index is 2.13. The maximum Gasteiger partial charge on any atom is 0.273 e. The summed E-state index contributed by atoms with van der Waals surface area (Å²) < 4.78 is 0. The first-order chi connectivity index (χ1) is 9.20. The number of aromatic nitrogens is 1. The van der Waals surface area contributed by atoms with E-state index in [1.807, 2.05) is 35.2 Å². The van der Waals surface area contributed by atoms with E-state index in [9.17, 15) is 4.79 Å². The van der Waals surface area contributed by atoms with Crippen LogP contribution in [-0.2, 0) is 6.54 Å². The summed E-state index contributed by atoms with van der Waals surface area (Å²) in [7, 11) is 0. The van der Waals surface area contributed by atoms with Gasteiger partial charge in [0.2, 0.25) is 0 Å². The van der Waals surface area contributed by atoms with Crippen LogP contribution in [0.2, 0.25) is 0 Å². The van der Waals surface area contributed by atoms with Gasteiger partial charge < -0.3 is 10.6 Å².